The molecule has 2 aromatic rings. The monoisotopic (exact) mass is 298 g/mol. The van der Waals surface area contributed by atoms with Gasteiger partial charge in [-0.25, -0.2) is 4.39 Å². The van der Waals surface area contributed by atoms with Crippen molar-refractivity contribution in [3.8, 4) is 0 Å². The van der Waals surface area contributed by atoms with Crippen LogP contribution < -0.4 is 0 Å². The highest BCUT2D eigenvalue weighted by Crippen LogP contribution is 2.39. The van der Waals surface area contributed by atoms with Crippen molar-refractivity contribution in [1.82, 2.24) is 9.55 Å². The topological polar surface area (TPSA) is 20.7 Å². The van der Waals surface area contributed by atoms with Crippen LogP contribution in [0.2, 0.25) is 5.02 Å². The van der Waals surface area contributed by atoms with E-state index in [-0.39, 0.29) is 10.4 Å². The van der Waals surface area contributed by atoms with Gasteiger partial charge >= 0.3 is 0 Å². The van der Waals surface area contributed by atoms with Crippen LogP contribution in [0.15, 0.2) is 12.1 Å². The minimum absolute atomic E-state index is 0.128. The molecule has 1 heterocycles. The fourth-order valence-corrected chi connectivity index (χ4v) is 3.51. The van der Waals surface area contributed by atoms with Crippen molar-refractivity contribution in [1.29, 1.82) is 0 Å². The Kier molecular flexibility index (Phi) is 3.18. The van der Waals surface area contributed by atoms with Crippen molar-refractivity contribution in [2.75, 3.05) is 0 Å². The van der Waals surface area contributed by atoms with Gasteiger partial charge in [-0.15, -0.1) is 0 Å². The molecule has 0 unspecified atom stereocenters. The summed E-state index contributed by atoms with van der Waals surface area (Å²) in [6.45, 7) is 3.12. The standard InChI is InChI=1S/C14H16ClFN2S/c1-14(4-2-3-5-14)8-18-12-7-10(16)9(15)6-11(12)17-13(18)19/h6-7H,2-5,8H2,1H3,(H,17,19). The molecule has 1 aromatic carbocycles. The van der Waals surface area contributed by atoms with E-state index in [9.17, 15) is 4.39 Å². The summed E-state index contributed by atoms with van der Waals surface area (Å²) in [5, 5.41) is 0.128. The first-order valence-corrected chi connectivity index (χ1v) is 7.35. The summed E-state index contributed by atoms with van der Waals surface area (Å²) in [6, 6.07) is 3.08. The number of halogens is 2. The maximum absolute atomic E-state index is 13.7. The third-order valence-corrected chi connectivity index (χ3v) is 4.78. The molecule has 0 spiro atoms. The Morgan fingerprint density at radius 3 is 2.79 bits per heavy atom. The van der Waals surface area contributed by atoms with Crippen LogP contribution in [-0.4, -0.2) is 9.55 Å². The molecule has 1 fully saturated rings. The number of fused-ring (bicyclic) bond motifs is 1. The molecule has 1 aliphatic carbocycles. The highest BCUT2D eigenvalue weighted by atomic mass is 35.5. The molecule has 0 saturated heterocycles. The van der Waals surface area contributed by atoms with Crippen LogP contribution in [0.3, 0.4) is 0 Å². The van der Waals surface area contributed by atoms with Crippen LogP contribution in [0.4, 0.5) is 4.39 Å². The summed E-state index contributed by atoms with van der Waals surface area (Å²) in [7, 11) is 0. The van der Waals surface area contributed by atoms with Gasteiger partial charge in [0.25, 0.3) is 0 Å². The van der Waals surface area contributed by atoms with Crippen LogP contribution in [0.25, 0.3) is 11.0 Å². The van der Waals surface area contributed by atoms with Crippen LogP contribution in [-0.2, 0) is 6.54 Å². The number of hydrogen-bond acceptors (Lipinski definition) is 1. The van der Waals surface area contributed by atoms with Crippen LogP contribution >= 0.6 is 23.8 Å². The van der Waals surface area contributed by atoms with Crippen molar-refractivity contribution >= 4 is 34.9 Å². The molecule has 5 heteroatoms. The number of nitrogens with zero attached hydrogens (tertiary/aromatic N) is 1. The second kappa shape index (κ2) is 4.60. The average molecular weight is 299 g/mol. The Hall–Kier alpha value is -0.870. The number of rotatable bonds is 2. The lowest BCUT2D eigenvalue weighted by atomic mass is 9.89. The molecular weight excluding hydrogens is 283 g/mol. The third kappa shape index (κ3) is 2.32. The number of hydrogen-bond donors (Lipinski definition) is 1. The first-order chi connectivity index (χ1) is 8.98. The van der Waals surface area contributed by atoms with E-state index in [1.807, 2.05) is 4.57 Å². The summed E-state index contributed by atoms with van der Waals surface area (Å²) >= 11 is 11.2. The Bertz CT molecular complexity index is 683. The highest BCUT2D eigenvalue weighted by Gasteiger charge is 2.29. The van der Waals surface area contributed by atoms with Gasteiger partial charge in [0.05, 0.1) is 16.1 Å². The molecule has 3 rings (SSSR count). The van der Waals surface area contributed by atoms with Crippen LogP contribution in [0, 0.1) is 16.0 Å². The van der Waals surface area contributed by atoms with Gasteiger partial charge in [-0.2, -0.15) is 0 Å². The van der Waals surface area contributed by atoms with E-state index < -0.39 is 5.82 Å². The molecule has 0 amide bonds. The average Bonchev–Trinajstić information content (AvgIpc) is 2.88. The van der Waals surface area contributed by atoms with Gasteiger partial charge in [-0.05, 0) is 36.5 Å². The molecule has 102 valence electrons. The van der Waals surface area contributed by atoms with Gasteiger partial charge in [0, 0.05) is 12.6 Å². The maximum Gasteiger partial charge on any atom is 0.178 e. The predicted octanol–water partition coefficient (Wildman–Crippen LogP) is 5.07. The summed E-state index contributed by atoms with van der Waals surface area (Å²) in [4.78, 5) is 3.11. The van der Waals surface area contributed by atoms with Gasteiger partial charge in [-0.1, -0.05) is 31.4 Å². The number of nitrogens with one attached hydrogen (secondary N) is 1. The Morgan fingerprint density at radius 2 is 2.11 bits per heavy atom. The van der Waals surface area contributed by atoms with Crippen molar-refractivity contribution < 1.29 is 4.39 Å². The molecule has 19 heavy (non-hydrogen) atoms. The highest BCUT2D eigenvalue weighted by molar-refractivity contribution is 7.71. The van der Waals surface area contributed by atoms with E-state index in [2.05, 4.69) is 11.9 Å². The number of aromatic nitrogens is 2. The van der Waals surface area contributed by atoms with E-state index in [1.54, 1.807) is 6.07 Å². The van der Waals surface area contributed by atoms with E-state index >= 15 is 0 Å². The quantitative estimate of drug-likeness (QED) is 0.768. The van der Waals surface area contributed by atoms with Gasteiger partial charge in [0.2, 0.25) is 0 Å². The Labute approximate surface area is 121 Å². The molecular formula is C14H16ClFN2S. The van der Waals surface area contributed by atoms with E-state index in [1.165, 1.54) is 31.7 Å². The predicted molar refractivity (Wildman–Crippen MR) is 78.7 cm³/mol. The second-order valence-corrected chi connectivity index (χ2v) is 6.61. The molecule has 1 saturated carbocycles. The second-order valence-electron chi connectivity index (χ2n) is 5.82. The SMILES string of the molecule is CC1(Cn2c(=S)[nH]c3cc(Cl)c(F)cc32)CCCC1. The Morgan fingerprint density at radius 1 is 1.42 bits per heavy atom. The first-order valence-electron chi connectivity index (χ1n) is 6.56. The van der Waals surface area contributed by atoms with Gasteiger partial charge in [-0.3, -0.25) is 0 Å². The zero-order valence-corrected chi connectivity index (χ0v) is 12.4. The third-order valence-electron chi connectivity index (χ3n) is 4.17. The summed E-state index contributed by atoms with van der Waals surface area (Å²) in [6.07, 6.45) is 4.95. The summed E-state index contributed by atoms with van der Waals surface area (Å²) < 4.78 is 16.3. The fraction of sp³-hybridized carbons (Fsp3) is 0.500. The number of aromatic amines is 1. The number of H-pyrrole nitrogens is 1. The zero-order valence-electron chi connectivity index (χ0n) is 10.8. The van der Waals surface area contributed by atoms with Gasteiger partial charge in [0.15, 0.2) is 4.77 Å². The summed E-state index contributed by atoms with van der Waals surface area (Å²) in [5.74, 6) is -0.395. The molecule has 1 N–H and O–H groups in total. The maximum atomic E-state index is 13.7. The van der Waals surface area contributed by atoms with Crippen molar-refractivity contribution in [2.24, 2.45) is 5.41 Å². The minimum Gasteiger partial charge on any atom is -0.331 e. The fourth-order valence-electron chi connectivity index (χ4n) is 3.08. The summed E-state index contributed by atoms with van der Waals surface area (Å²) in [5.41, 5.74) is 1.88. The van der Waals surface area contributed by atoms with Crippen molar-refractivity contribution in [2.45, 2.75) is 39.2 Å². The number of benzene rings is 1. The normalized spacial score (nSPS) is 18.3. The molecule has 2 nitrogen and oxygen atoms in total. The molecule has 0 atom stereocenters. The number of imidazole rings is 1. The zero-order chi connectivity index (χ0) is 13.6. The molecule has 1 aliphatic rings. The first kappa shape index (κ1) is 13.1. The Balaban J connectivity index is 2.10. The van der Waals surface area contributed by atoms with Gasteiger partial charge in [0.1, 0.15) is 5.82 Å². The van der Waals surface area contributed by atoms with Crippen LogP contribution in [0.1, 0.15) is 32.6 Å². The molecule has 0 radical (unpaired) electrons. The lowest BCUT2D eigenvalue weighted by Gasteiger charge is -2.24. The molecule has 1 aromatic heterocycles. The largest absolute Gasteiger partial charge is 0.331 e. The van der Waals surface area contributed by atoms with Gasteiger partial charge < -0.3 is 9.55 Å². The minimum atomic E-state index is -0.395. The van der Waals surface area contributed by atoms with E-state index in [0.29, 0.717) is 4.77 Å². The molecule has 0 bridgehead atoms. The van der Waals surface area contributed by atoms with Crippen molar-refractivity contribution in [3.63, 3.8) is 0 Å². The van der Waals surface area contributed by atoms with Crippen molar-refractivity contribution in [3.05, 3.63) is 27.7 Å². The smallest absolute Gasteiger partial charge is 0.178 e. The van der Waals surface area contributed by atoms with E-state index in [0.717, 1.165) is 17.6 Å². The lowest BCUT2D eigenvalue weighted by molar-refractivity contribution is 0.284. The van der Waals surface area contributed by atoms with E-state index in [4.69, 9.17) is 23.8 Å². The molecule has 0 aliphatic heterocycles. The lowest BCUT2D eigenvalue weighted by Crippen LogP contribution is -2.19. The van der Waals surface area contributed by atoms with Crippen LogP contribution in [0.5, 0.6) is 0 Å².